The van der Waals surface area contributed by atoms with E-state index in [0.717, 1.165) is 0 Å². The van der Waals surface area contributed by atoms with E-state index >= 15 is 0 Å². The van der Waals surface area contributed by atoms with Gasteiger partial charge < -0.3 is 59.7 Å². The highest BCUT2D eigenvalue weighted by Gasteiger charge is 2.50. The second kappa shape index (κ2) is 9.02. The maximum absolute atomic E-state index is 10.8. The molecular weight excluding hydrogens is 399 g/mol. The second-order valence-electron chi connectivity index (χ2n) is 6.13. The summed E-state index contributed by atoms with van der Waals surface area (Å²) in [6.07, 6.45) is -17.1. The summed E-state index contributed by atoms with van der Waals surface area (Å²) in [6.45, 7) is -1.63. The standard InChI is InChI=1S/C12H23O14P/c13-1-3-10(7(16)8(17)11(19)24-3)26-12-9(18)6(15)5(14)4(25-12)2-23-27(20,21)22/h3-19H,1-2H2,(H2,20,21,22)/t3-,4-,5+,6+,7-,8-,9-,10-,11+,12+/m1/s1. The summed E-state index contributed by atoms with van der Waals surface area (Å²) in [7, 11) is -4.92. The summed E-state index contributed by atoms with van der Waals surface area (Å²) >= 11 is 0. The van der Waals surface area contributed by atoms with E-state index in [2.05, 4.69) is 4.52 Å². The molecule has 2 rings (SSSR count). The zero-order valence-corrected chi connectivity index (χ0v) is 14.6. The Labute approximate surface area is 152 Å². The first-order valence-electron chi connectivity index (χ1n) is 7.82. The van der Waals surface area contributed by atoms with Crippen molar-refractivity contribution < 1.29 is 68.8 Å². The van der Waals surface area contributed by atoms with Crippen LogP contribution in [0.1, 0.15) is 0 Å². The molecule has 2 aliphatic heterocycles. The highest BCUT2D eigenvalue weighted by Crippen LogP contribution is 2.37. The summed E-state index contributed by atoms with van der Waals surface area (Å²) in [5.41, 5.74) is 0. The van der Waals surface area contributed by atoms with Crippen LogP contribution in [0.15, 0.2) is 0 Å². The molecule has 0 aromatic heterocycles. The van der Waals surface area contributed by atoms with Crippen LogP contribution >= 0.6 is 7.82 Å². The van der Waals surface area contributed by atoms with E-state index in [4.69, 9.17) is 24.0 Å². The molecule has 0 saturated carbocycles. The summed E-state index contributed by atoms with van der Waals surface area (Å²) < 4.78 is 30.3. The molecule has 0 spiro atoms. The largest absolute Gasteiger partial charge is 0.469 e. The molecule has 0 aliphatic carbocycles. The van der Waals surface area contributed by atoms with Gasteiger partial charge >= 0.3 is 7.82 Å². The molecule has 2 fully saturated rings. The third-order valence-electron chi connectivity index (χ3n) is 4.21. The van der Waals surface area contributed by atoms with E-state index < -0.39 is 82.4 Å². The smallest absolute Gasteiger partial charge is 0.394 e. The minimum Gasteiger partial charge on any atom is -0.394 e. The first-order chi connectivity index (χ1) is 12.5. The molecule has 0 unspecified atom stereocenters. The minimum absolute atomic E-state index is 0.760. The number of phosphoric ester groups is 1. The van der Waals surface area contributed by atoms with Crippen LogP contribution in [-0.4, -0.2) is 120 Å². The molecule has 2 heterocycles. The van der Waals surface area contributed by atoms with Gasteiger partial charge in [-0.3, -0.25) is 4.52 Å². The fraction of sp³-hybridized carbons (Fsp3) is 1.00. The van der Waals surface area contributed by atoms with Crippen molar-refractivity contribution in [3.63, 3.8) is 0 Å². The van der Waals surface area contributed by atoms with Gasteiger partial charge in [0, 0.05) is 0 Å². The van der Waals surface area contributed by atoms with Crippen LogP contribution in [0.4, 0.5) is 0 Å². The van der Waals surface area contributed by atoms with E-state index in [-0.39, 0.29) is 0 Å². The summed E-state index contributed by atoms with van der Waals surface area (Å²) in [5.74, 6) is 0. The number of phosphoric acid groups is 1. The van der Waals surface area contributed by atoms with Gasteiger partial charge in [-0.1, -0.05) is 0 Å². The number of aliphatic hydroxyl groups is 7. The lowest BCUT2D eigenvalue weighted by Gasteiger charge is -2.45. The molecule has 0 bridgehead atoms. The lowest BCUT2D eigenvalue weighted by Crippen LogP contribution is -2.64. The fourth-order valence-electron chi connectivity index (χ4n) is 2.73. The van der Waals surface area contributed by atoms with E-state index in [1.54, 1.807) is 0 Å². The second-order valence-corrected chi connectivity index (χ2v) is 7.37. The normalized spacial score (nSPS) is 46.4. The van der Waals surface area contributed by atoms with Crippen LogP contribution in [0.5, 0.6) is 0 Å². The van der Waals surface area contributed by atoms with E-state index in [1.807, 2.05) is 0 Å². The average molecular weight is 422 g/mol. The van der Waals surface area contributed by atoms with Crippen LogP contribution in [0.2, 0.25) is 0 Å². The Balaban J connectivity index is 2.11. The predicted molar refractivity (Wildman–Crippen MR) is 79.5 cm³/mol. The predicted octanol–water partition coefficient (Wildman–Crippen LogP) is -5.28. The van der Waals surface area contributed by atoms with Crippen molar-refractivity contribution in [2.24, 2.45) is 0 Å². The Hall–Kier alpha value is -0.290. The molecular formula is C12H23O14P. The maximum Gasteiger partial charge on any atom is 0.469 e. The van der Waals surface area contributed by atoms with Crippen molar-refractivity contribution in [3.8, 4) is 0 Å². The molecule has 14 nitrogen and oxygen atoms in total. The zero-order valence-electron chi connectivity index (χ0n) is 13.7. The van der Waals surface area contributed by atoms with Crippen LogP contribution in [0, 0.1) is 0 Å². The monoisotopic (exact) mass is 422 g/mol. The van der Waals surface area contributed by atoms with Gasteiger partial charge in [0.25, 0.3) is 0 Å². The van der Waals surface area contributed by atoms with Crippen molar-refractivity contribution in [2.45, 2.75) is 61.4 Å². The van der Waals surface area contributed by atoms with Gasteiger partial charge in [0.05, 0.1) is 13.2 Å². The van der Waals surface area contributed by atoms with Crippen molar-refractivity contribution in [3.05, 3.63) is 0 Å². The first kappa shape index (κ1) is 23.0. The Morgan fingerprint density at radius 2 is 1.44 bits per heavy atom. The topological polar surface area (TPSA) is 236 Å². The van der Waals surface area contributed by atoms with Gasteiger partial charge in [-0.2, -0.15) is 0 Å². The highest BCUT2D eigenvalue weighted by atomic mass is 31.2. The van der Waals surface area contributed by atoms with Crippen LogP contribution < -0.4 is 0 Å². The third-order valence-corrected chi connectivity index (χ3v) is 4.69. The lowest BCUT2D eigenvalue weighted by atomic mass is 9.97. The number of rotatable bonds is 6. The average Bonchev–Trinajstić information content (AvgIpc) is 2.60. The van der Waals surface area contributed by atoms with Gasteiger partial charge in [0.15, 0.2) is 12.6 Å². The molecule has 2 aliphatic rings. The number of aliphatic hydroxyl groups excluding tert-OH is 7. The zero-order chi connectivity index (χ0) is 20.5. The number of hydrogen-bond acceptors (Lipinski definition) is 12. The summed E-state index contributed by atoms with van der Waals surface area (Å²) in [5, 5.41) is 68.1. The Morgan fingerprint density at radius 1 is 0.815 bits per heavy atom. The number of ether oxygens (including phenoxy) is 3. The molecule has 2 saturated heterocycles. The molecule has 0 amide bonds. The van der Waals surface area contributed by atoms with Gasteiger partial charge in [0.1, 0.15) is 48.8 Å². The SMILES string of the molecule is O=P(O)(O)OC[C@H]1O[C@@H](O[C@H]2[C@H](O)[C@@H](O)[C@@H](O)O[C@@H]2CO)[C@H](O)[C@@H](O)[C@H]1O. The molecule has 0 aromatic carbocycles. The third kappa shape index (κ3) is 5.41. The summed E-state index contributed by atoms with van der Waals surface area (Å²) in [4.78, 5) is 17.4. The van der Waals surface area contributed by atoms with E-state index in [1.165, 1.54) is 0 Å². The van der Waals surface area contributed by atoms with E-state index in [9.17, 15) is 40.3 Å². The van der Waals surface area contributed by atoms with Crippen molar-refractivity contribution in [2.75, 3.05) is 13.2 Å². The van der Waals surface area contributed by atoms with Gasteiger partial charge in [-0.15, -0.1) is 0 Å². The molecule has 0 aromatic rings. The molecule has 0 radical (unpaired) electrons. The van der Waals surface area contributed by atoms with Gasteiger partial charge in [-0.05, 0) is 0 Å². The quantitative estimate of drug-likeness (QED) is 0.182. The van der Waals surface area contributed by atoms with E-state index in [0.29, 0.717) is 0 Å². The lowest BCUT2D eigenvalue weighted by molar-refractivity contribution is -0.354. The van der Waals surface area contributed by atoms with Crippen molar-refractivity contribution in [1.82, 2.24) is 0 Å². The summed E-state index contributed by atoms with van der Waals surface area (Å²) in [6, 6.07) is 0. The first-order valence-corrected chi connectivity index (χ1v) is 9.35. The van der Waals surface area contributed by atoms with Gasteiger partial charge in [-0.25, -0.2) is 4.57 Å². The van der Waals surface area contributed by atoms with Crippen molar-refractivity contribution in [1.29, 1.82) is 0 Å². The Kier molecular flexibility index (Phi) is 7.68. The molecule has 15 heteroatoms. The highest BCUT2D eigenvalue weighted by molar-refractivity contribution is 7.46. The molecule has 160 valence electrons. The maximum atomic E-state index is 10.8. The number of hydrogen-bond donors (Lipinski definition) is 9. The Bertz CT molecular complexity index is 526. The van der Waals surface area contributed by atoms with Crippen molar-refractivity contribution >= 4 is 7.82 Å². The minimum atomic E-state index is -4.92. The Morgan fingerprint density at radius 3 is 2.00 bits per heavy atom. The van der Waals surface area contributed by atoms with Crippen LogP contribution in [0.3, 0.4) is 0 Å². The fourth-order valence-corrected chi connectivity index (χ4v) is 3.07. The van der Waals surface area contributed by atoms with Crippen LogP contribution in [-0.2, 0) is 23.3 Å². The molecule has 10 atom stereocenters. The van der Waals surface area contributed by atoms with Gasteiger partial charge in [0.2, 0.25) is 0 Å². The molecule has 9 N–H and O–H groups in total. The van der Waals surface area contributed by atoms with Crippen LogP contribution in [0.25, 0.3) is 0 Å². The molecule has 27 heavy (non-hydrogen) atoms.